The van der Waals surface area contributed by atoms with Gasteiger partial charge >= 0.3 is 0 Å². The lowest BCUT2D eigenvalue weighted by Gasteiger charge is -2.26. The van der Waals surface area contributed by atoms with Gasteiger partial charge in [-0.1, -0.05) is 0 Å². The molecule has 0 bridgehead atoms. The van der Waals surface area contributed by atoms with Crippen molar-refractivity contribution in [2.24, 2.45) is 5.73 Å². The summed E-state index contributed by atoms with van der Waals surface area (Å²) in [5.74, 6) is 0.767. The van der Waals surface area contributed by atoms with E-state index in [-0.39, 0.29) is 18.4 Å². The van der Waals surface area contributed by atoms with Crippen molar-refractivity contribution >= 4 is 11.8 Å². The van der Waals surface area contributed by atoms with E-state index in [1.165, 1.54) is 6.42 Å². The number of benzene rings is 1. The van der Waals surface area contributed by atoms with Crippen molar-refractivity contribution in [3.8, 4) is 11.5 Å². The summed E-state index contributed by atoms with van der Waals surface area (Å²) in [6.45, 7) is 5.08. The van der Waals surface area contributed by atoms with Gasteiger partial charge in [0.15, 0.2) is 18.1 Å². The molecule has 0 saturated carbocycles. The Labute approximate surface area is 161 Å². The minimum atomic E-state index is -0.163. The molecule has 0 spiro atoms. The first kappa shape index (κ1) is 21.0. The number of piperidine rings is 1. The minimum absolute atomic E-state index is 0.0149. The van der Waals surface area contributed by atoms with E-state index in [4.69, 9.17) is 15.2 Å². The zero-order chi connectivity index (χ0) is 19.5. The van der Waals surface area contributed by atoms with Gasteiger partial charge in [-0.2, -0.15) is 0 Å². The molecule has 1 fully saturated rings. The molecule has 1 aromatic rings. The van der Waals surface area contributed by atoms with Crippen molar-refractivity contribution in [3.63, 3.8) is 0 Å². The summed E-state index contributed by atoms with van der Waals surface area (Å²) in [7, 11) is 0. The van der Waals surface area contributed by atoms with E-state index in [0.717, 1.165) is 38.8 Å². The molecule has 1 heterocycles. The number of unbranched alkanes of at least 4 members (excludes halogenated alkanes) is 1. The van der Waals surface area contributed by atoms with Gasteiger partial charge in [0.2, 0.25) is 0 Å². The predicted molar refractivity (Wildman–Crippen MR) is 104 cm³/mol. The summed E-state index contributed by atoms with van der Waals surface area (Å²) in [4.78, 5) is 26.4. The summed E-state index contributed by atoms with van der Waals surface area (Å²) in [6, 6.07) is 5.02. The van der Waals surface area contributed by atoms with Crippen LogP contribution in [0.5, 0.6) is 11.5 Å². The monoisotopic (exact) mass is 377 g/mol. The molecule has 1 aliphatic heterocycles. The Morgan fingerprint density at radius 3 is 2.59 bits per heavy atom. The number of nitrogens with one attached hydrogen (secondary N) is 1. The van der Waals surface area contributed by atoms with Crippen LogP contribution in [-0.2, 0) is 4.79 Å². The highest BCUT2D eigenvalue weighted by molar-refractivity contribution is 5.94. The van der Waals surface area contributed by atoms with E-state index in [1.807, 2.05) is 11.8 Å². The smallest absolute Gasteiger partial charge is 0.260 e. The fraction of sp³-hybridized carbons (Fsp3) is 0.600. The molecule has 2 rings (SSSR count). The molecule has 1 saturated heterocycles. The van der Waals surface area contributed by atoms with Crippen molar-refractivity contribution in [1.82, 2.24) is 10.2 Å². The summed E-state index contributed by atoms with van der Waals surface area (Å²) in [6.07, 6.45) is 4.99. The summed E-state index contributed by atoms with van der Waals surface area (Å²) >= 11 is 0. The van der Waals surface area contributed by atoms with Gasteiger partial charge in [-0.25, -0.2) is 0 Å². The number of amides is 2. The average molecular weight is 377 g/mol. The minimum Gasteiger partial charge on any atom is -0.490 e. The topological polar surface area (TPSA) is 93.9 Å². The number of nitrogens with zero attached hydrogens (tertiary/aromatic N) is 1. The Hall–Kier alpha value is -2.28. The van der Waals surface area contributed by atoms with Crippen molar-refractivity contribution in [2.75, 3.05) is 39.4 Å². The standard InChI is InChI=1S/C20H31N3O4/c1-2-26-18-14-16(20(25)22-11-5-4-10-21)8-9-17(18)27-15-19(24)23-12-6-3-7-13-23/h8-9,14H,2-7,10-13,15,21H2,1H3,(H,22,25). The maximum absolute atomic E-state index is 12.3. The van der Waals surface area contributed by atoms with Crippen LogP contribution in [0.3, 0.4) is 0 Å². The number of likely N-dealkylation sites (tertiary alicyclic amines) is 1. The molecule has 7 heteroatoms. The van der Waals surface area contributed by atoms with Crippen LogP contribution in [0.2, 0.25) is 0 Å². The molecule has 0 unspecified atom stereocenters. The molecule has 1 aliphatic rings. The molecule has 1 aromatic carbocycles. The quantitative estimate of drug-likeness (QED) is 0.608. The van der Waals surface area contributed by atoms with Gasteiger partial charge in [-0.15, -0.1) is 0 Å². The first-order valence-electron chi connectivity index (χ1n) is 9.81. The molecule has 3 N–H and O–H groups in total. The summed E-state index contributed by atoms with van der Waals surface area (Å²) in [5.41, 5.74) is 5.95. The van der Waals surface area contributed by atoms with Crippen molar-refractivity contribution in [2.45, 2.75) is 39.0 Å². The van der Waals surface area contributed by atoms with Crippen LogP contribution in [0.4, 0.5) is 0 Å². The second kappa shape index (κ2) is 11.4. The van der Waals surface area contributed by atoms with Gasteiger partial charge in [0, 0.05) is 25.2 Å². The van der Waals surface area contributed by atoms with Crippen LogP contribution in [0.15, 0.2) is 18.2 Å². The lowest BCUT2D eigenvalue weighted by Crippen LogP contribution is -2.38. The van der Waals surface area contributed by atoms with Crippen molar-refractivity contribution in [1.29, 1.82) is 0 Å². The average Bonchev–Trinajstić information content (AvgIpc) is 2.70. The fourth-order valence-electron chi connectivity index (χ4n) is 2.98. The highest BCUT2D eigenvalue weighted by Crippen LogP contribution is 2.28. The number of carbonyl (C=O) groups is 2. The van der Waals surface area contributed by atoms with Gasteiger partial charge in [0.25, 0.3) is 11.8 Å². The lowest BCUT2D eigenvalue weighted by atomic mass is 10.1. The third kappa shape index (κ3) is 6.75. The first-order valence-corrected chi connectivity index (χ1v) is 9.81. The van der Waals surface area contributed by atoms with Crippen molar-refractivity contribution in [3.05, 3.63) is 23.8 Å². The number of hydrogen-bond acceptors (Lipinski definition) is 5. The van der Waals surface area contributed by atoms with E-state index < -0.39 is 0 Å². The third-order valence-corrected chi connectivity index (χ3v) is 4.48. The zero-order valence-electron chi connectivity index (χ0n) is 16.2. The molecule has 27 heavy (non-hydrogen) atoms. The Balaban J connectivity index is 1.95. The van der Waals surface area contributed by atoms with E-state index in [9.17, 15) is 9.59 Å². The SMILES string of the molecule is CCOc1cc(C(=O)NCCCCN)ccc1OCC(=O)N1CCCCC1. The second-order valence-electron chi connectivity index (χ2n) is 6.58. The molecule has 7 nitrogen and oxygen atoms in total. The molecule has 0 atom stereocenters. The van der Waals surface area contributed by atoms with E-state index in [2.05, 4.69) is 5.32 Å². The molecule has 2 amide bonds. The second-order valence-corrected chi connectivity index (χ2v) is 6.58. The van der Waals surface area contributed by atoms with Crippen molar-refractivity contribution < 1.29 is 19.1 Å². The van der Waals surface area contributed by atoms with Crippen LogP contribution in [0.1, 0.15) is 49.4 Å². The van der Waals surface area contributed by atoms with Gasteiger partial charge in [-0.3, -0.25) is 9.59 Å². The summed E-state index contributed by atoms with van der Waals surface area (Å²) < 4.78 is 11.3. The number of rotatable bonds is 10. The van der Waals surface area contributed by atoms with Crippen LogP contribution in [0.25, 0.3) is 0 Å². The molecular weight excluding hydrogens is 346 g/mol. The van der Waals surface area contributed by atoms with Crippen LogP contribution in [-0.4, -0.2) is 56.1 Å². The fourth-order valence-corrected chi connectivity index (χ4v) is 2.98. The molecule has 150 valence electrons. The normalized spacial score (nSPS) is 13.9. The number of nitrogens with two attached hydrogens (primary N) is 1. The van der Waals surface area contributed by atoms with Gasteiger partial charge < -0.3 is 25.4 Å². The third-order valence-electron chi connectivity index (χ3n) is 4.48. The molecular formula is C20H31N3O4. The van der Waals surface area contributed by atoms with Crippen LogP contribution in [0, 0.1) is 0 Å². The van der Waals surface area contributed by atoms with E-state index in [0.29, 0.717) is 36.8 Å². The molecule has 0 aliphatic carbocycles. The first-order chi connectivity index (χ1) is 13.2. The van der Waals surface area contributed by atoms with E-state index in [1.54, 1.807) is 18.2 Å². The highest BCUT2D eigenvalue weighted by Gasteiger charge is 2.18. The Kier molecular flexibility index (Phi) is 8.91. The maximum Gasteiger partial charge on any atom is 0.260 e. The Morgan fingerprint density at radius 2 is 1.89 bits per heavy atom. The highest BCUT2D eigenvalue weighted by atomic mass is 16.5. The summed E-state index contributed by atoms with van der Waals surface area (Å²) in [5, 5.41) is 2.86. The Bertz CT molecular complexity index is 615. The van der Waals surface area contributed by atoms with E-state index >= 15 is 0 Å². The molecule has 0 radical (unpaired) electrons. The van der Waals surface area contributed by atoms with Gasteiger partial charge in [0.05, 0.1) is 6.61 Å². The largest absolute Gasteiger partial charge is 0.490 e. The number of ether oxygens (including phenoxy) is 2. The number of carbonyl (C=O) groups excluding carboxylic acids is 2. The number of hydrogen-bond donors (Lipinski definition) is 2. The maximum atomic E-state index is 12.3. The van der Waals surface area contributed by atoms with Gasteiger partial charge in [0.1, 0.15) is 0 Å². The van der Waals surface area contributed by atoms with Crippen LogP contribution < -0.4 is 20.5 Å². The zero-order valence-corrected chi connectivity index (χ0v) is 16.2. The lowest BCUT2D eigenvalue weighted by molar-refractivity contribution is -0.134. The molecule has 0 aromatic heterocycles. The van der Waals surface area contributed by atoms with Crippen LogP contribution >= 0.6 is 0 Å². The predicted octanol–water partition coefficient (Wildman–Crippen LogP) is 1.95. The van der Waals surface area contributed by atoms with Gasteiger partial charge in [-0.05, 0) is 63.8 Å². The Morgan fingerprint density at radius 1 is 1.11 bits per heavy atom.